The third-order valence-electron chi connectivity index (χ3n) is 4.91. The average molecular weight is 515 g/mol. The van der Waals surface area contributed by atoms with E-state index in [0.29, 0.717) is 11.3 Å². The first-order chi connectivity index (χ1) is 14.6. The molecule has 31 heavy (non-hydrogen) atoms. The van der Waals surface area contributed by atoms with Gasteiger partial charge in [0.15, 0.2) is 5.78 Å². The molecule has 1 aliphatic rings. The van der Waals surface area contributed by atoms with Crippen LogP contribution < -0.4 is 10.6 Å². The summed E-state index contributed by atoms with van der Waals surface area (Å²) >= 11 is 4.24. The number of thiophene rings is 1. The smallest absolute Gasteiger partial charge is 0.437 e. The van der Waals surface area contributed by atoms with Crippen molar-refractivity contribution in [3.8, 4) is 11.3 Å². The predicted molar refractivity (Wildman–Crippen MR) is 109 cm³/mol. The summed E-state index contributed by atoms with van der Waals surface area (Å²) in [6.07, 6.45) is -5.32. The molecule has 2 aromatic heterocycles. The molecule has 162 valence electrons. The van der Waals surface area contributed by atoms with Crippen LogP contribution in [0.25, 0.3) is 11.3 Å². The lowest BCUT2D eigenvalue weighted by molar-refractivity contribution is -0.287. The Hall–Kier alpha value is -2.63. The minimum absolute atomic E-state index is 0.00955. The molecule has 0 aliphatic carbocycles. The number of ketones is 1. The molecule has 1 saturated heterocycles. The molecule has 1 fully saturated rings. The maximum atomic E-state index is 13.9. The summed E-state index contributed by atoms with van der Waals surface area (Å²) in [5, 5.41) is 15.9. The van der Waals surface area contributed by atoms with Crippen molar-refractivity contribution in [2.45, 2.75) is 17.9 Å². The fourth-order valence-electron chi connectivity index (χ4n) is 3.44. The number of rotatable bonds is 4. The molecule has 3 heterocycles. The van der Waals surface area contributed by atoms with Gasteiger partial charge in [0, 0.05) is 10.0 Å². The third kappa shape index (κ3) is 3.88. The number of halogens is 4. The van der Waals surface area contributed by atoms with Crippen molar-refractivity contribution in [3.05, 3.63) is 69.0 Å². The Labute approximate surface area is 186 Å². The number of aliphatic hydroxyl groups is 1. The number of hydrogen-bond acceptors (Lipinski definition) is 5. The molecule has 2 amide bonds. The number of amides is 2. The maximum absolute atomic E-state index is 13.9. The van der Waals surface area contributed by atoms with E-state index in [2.05, 4.69) is 21.2 Å². The maximum Gasteiger partial charge on any atom is 0.437 e. The zero-order valence-electron chi connectivity index (χ0n) is 15.4. The normalized spacial score (nSPS) is 23.8. The first kappa shape index (κ1) is 21.6. The molecule has 3 aromatic rings. The SMILES string of the molecule is O=C1N[C@@H](c2ccc(-c3ccc(Br)cc3)o2)[C@@H](C(=O)c2cccs2)[C@@](O)(C(F)(F)F)N1. The number of carbonyl (C=O) groups is 2. The molecular formula is C20H14BrF3N2O4S. The van der Waals surface area contributed by atoms with E-state index in [4.69, 9.17) is 4.42 Å². The molecule has 6 nitrogen and oxygen atoms in total. The van der Waals surface area contributed by atoms with E-state index >= 15 is 0 Å². The lowest BCUT2D eigenvalue weighted by atomic mass is 9.80. The Balaban J connectivity index is 1.79. The average Bonchev–Trinajstić information content (AvgIpc) is 3.39. The Morgan fingerprint density at radius 1 is 1.16 bits per heavy atom. The molecule has 0 spiro atoms. The quantitative estimate of drug-likeness (QED) is 0.433. The van der Waals surface area contributed by atoms with E-state index < -0.39 is 35.7 Å². The molecule has 4 rings (SSSR count). The van der Waals surface area contributed by atoms with Crippen molar-refractivity contribution in [2.24, 2.45) is 5.92 Å². The number of Topliss-reactive ketones (excluding diaryl/α,β-unsaturated/α-hetero) is 1. The number of nitrogens with one attached hydrogen (secondary N) is 2. The van der Waals surface area contributed by atoms with Gasteiger partial charge >= 0.3 is 12.2 Å². The van der Waals surface area contributed by atoms with Gasteiger partial charge in [0.25, 0.3) is 0 Å². The predicted octanol–water partition coefficient (Wildman–Crippen LogP) is 4.87. The van der Waals surface area contributed by atoms with Crippen molar-refractivity contribution in [1.29, 1.82) is 0 Å². The fourth-order valence-corrected chi connectivity index (χ4v) is 4.41. The minimum atomic E-state index is -5.32. The van der Waals surface area contributed by atoms with Gasteiger partial charge in [-0.2, -0.15) is 13.2 Å². The van der Waals surface area contributed by atoms with Crippen LogP contribution in [0.3, 0.4) is 0 Å². The number of furan rings is 1. The summed E-state index contributed by atoms with van der Waals surface area (Å²) in [6, 6.07) is 9.90. The molecule has 3 N–H and O–H groups in total. The van der Waals surface area contributed by atoms with Crippen LogP contribution in [-0.2, 0) is 0 Å². The summed E-state index contributed by atoms with van der Waals surface area (Å²) in [4.78, 5) is 25.1. The second-order valence-corrected chi connectivity index (χ2v) is 8.73. The fraction of sp³-hybridized carbons (Fsp3) is 0.200. The van der Waals surface area contributed by atoms with Gasteiger partial charge in [0.1, 0.15) is 23.5 Å². The number of alkyl halides is 3. The van der Waals surface area contributed by atoms with E-state index in [0.717, 1.165) is 15.8 Å². The van der Waals surface area contributed by atoms with E-state index in [-0.39, 0.29) is 10.6 Å². The van der Waals surface area contributed by atoms with Crippen molar-refractivity contribution in [3.63, 3.8) is 0 Å². The number of benzene rings is 1. The minimum Gasteiger partial charge on any atom is -0.459 e. The summed E-state index contributed by atoms with van der Waals surface area (Å²) in [5.74, 6) is -2.86. The van der Waals surface area contributed by atoms with E-state index in [1.807, 2.05) is 0 Å². The highest BCUT2D eigenvalue weighted by molar-refractivity contribution is 9.10. The molecule has 1 aromatic carbocycles. The monoisotopic (exact) mass is 514 g/mol. The molecule has 0 unspecified atom stereocenters. The van der Waals surface area contributed by atoms with E-state index in [1.54, 1.807) is 24.3 Å². The highest BCUT2D eigenvalue weighted by atomic mass is 79.9. The highest BCUT2D eigenvalue weighted by Crippen LogP contribution is 2.45. The number of urea groups is 1. The topological polar surface area (TPSA) is 91.6 Å². The molecule has 0 saturated carbocycles. The first-order valence-electron chi connectivity index (χ1n) is 8.91. The number of carbonyl (C=O) groups excluding carboxylic acids is 2. The van der Waals surface area contributed by atoms with Crippen LogP contribution in [0.2, 0.25) is 0 Å². The van der Waals surface area contributed by atoms with Gasteiger partial charge in [0.2, 0.25) is 5.72 Å². The van der Waals surface area contributed by atoms with Gasteiger partial charge in [-0.1, -0.05) is 34.1 Å². The summed E-state index contributed by atoms with van der Waals surface area (Å²) in [7, 11) is 0. The van der Waals surface area contributed by atoms with Crippen LogP contribution in [0.4, 0.5) is 18.0 Å². The molecule has 0 radical (unpaired) electrons. The summed E-state index contributed by atoms with van der Waals surface area (Å²) < 4.78 is 48.2. The van der Waals surface area contributed by atoms with E-state index in [1.165, 1.54) is 35.0 Å². The second-order valence-electron chi connectivity index (χ2n) is 6.87. The van der Waals surface area contributed by atoms with Crippen LogP contribution in [-0.4, -0.2) is 28.8 Å². The lowest BCUT2D eigenvalue weighted by Crippen LogP contribution is -2.72. The lowest BCUT2D eigenvalue weighted by Gasteiger charge is -2.44. The Morgan fingerprint density at radius 3 is 2.48 bits per heavy atom. The van der Waals surface area contributed by atoms with Gasteiger partial charge < -0.3 is 20.2 Å². The Morgan fingerprint density at radius 2 is 1.87 bits per heavy atom. The van der Waals surface area contributed by atoms with Crippen molar-refractivity contribution in [2.75, 3.05) is 0 Å². The molecule has 0 bridgehead atoms. The summed E-state index contributed by atoms with van der Waals surface area (Å²) in [6.45, 7) is 0. The van der Waals surface area contributed by atoms with Crippen LogP contribution in [0.1, 0.15) is 21.5 Å². The Kier molecular flexibility index (Phi) is 5.44. The molecule has 3 atom stereocenters. The van der Waals surface area contributed by atoms with Crippen molar-refractivity contribution >= 4 is 39.1 Å². The first-order valence-corrected chi connectivity index (χ1v) is 10.6. The van der Waals surface area contributed by atoms with Crippen LogP contribution in [0, 0.1) is 5.92 Å². The molecule has 11 heteroatoms. The van der Waals surface area contributed by atoms with Crippen molar-refractivity contribution in [1.82, 2.24) is 10.6 Å². The van der Waals surface area contributed by atoms with Crippen LogP contribution in [0.15, 0.2) is 62.8 Å². The second kappa shape index (κ2) is 7.81. The molecule has 1 aliphatic heterocycles. The van der Waals surface area contributed by atoms with Gasteiger partial charge in [-0.05, 0) is 35.7 Å². The van der Waals surface area contributed by atoms with Gasteiger partial charge in [-0.15, -0.1) is 11.3 Å². The van der Waals surface area contributed by atoms with E-state index in [9.17, 15) is 27.9 Å². The molecular weight excluding hydrogens is 501 g/mol. The van der Waals surface area contributed by atoms with Gasteiger partial charge in [-0.25, -0.2) is 4.79 Å². The Bertz CT molecular complexity index is 1110. The van der Waals surface area contributed by atoms with Crippen molar-refractivity contribution < 1.29 is 32.3 Å². The third-order valence-corrected chi connectivity index (χ3v) is 6.33. The standard InChI is InChI=1S/C20H14BrF3N2O4S/c21-11-5-3-10(4-6-11)12-7-8-13(30-12)16-15(17(27)14-2-1-9-31-14)19(29,20(22,23)24)26-18(28)25-16/h1-9,15-16,29H,(H2,25,26,28)/t15-,16-,19+/m0/s1. The van der Waals surface area contributed by atoms with Gasteiger partial charge in [0.05, 0.1) is 4.88 Å². The summed E-state index contributed by atoms with van der Waals surface area (Å²) in [5.41, 5.74) is -3.15. The number of hydrogen-bond donors (Lipinski definition) is 3. The zero-order valence-corrected chi connectivity index (χ0v) is 17.8. The highest BCUT2D eigenvalue weighted by Gasteiger charge is 2.67. The van der Waals surface area contributed by atoms with Crippen LogP contribution in [0.5, 0.6) is 0 Å². The van der Waals surface area contributed by atoms with Crippen LogP contribution >= 0.6 is 27.3 Å². The van der Waals surface area contributed by atoms with Gasteiger partial charge in [-0.3, -0.25) is 4.79 Å². The zero-order chi connectivity index (χ0) is 22.4. The largest absolute Gasteiger partial charge is 0.459 e.